The van der Waals surface area contributed by atoms with Crippen molar-refractivity contribution >= 4 is 41.5 Å². The first-order chi connectivity index (χ1) is 19.6. The molecular formula is C26H31N6O8P. The second-order valence-corrected chi connectivity index (χ2v) is 11.2. The first-order valence-electron chi connectivity index (χ1n) is 12.9. The van der Waals surface area contributed by atoms with Gasteiger partial charge in [0.1, 0.15) is 41.4 Å². The number of aromatic nitrogens is 4. The maximum atomic E-state index is 14.0. The topological polar surface area (TPSA) is 193 Å². The molecule has 6 atom stereocenters. The third-order valence-corrected chi connectivity index (χ3v) is 8.17. The molecule has 15 heteroatoms. The predicted octanol–water partition coefficient (Wildman–Crippen LogP) is 2.23. The Hall–Kier alpha value is -3.65. The van der Waals surface area contributed by atoms with Crippen LogP contribution in [0.3, 0.4) is 0 Å². The van der Waals surface area contributed by atoms with Gasteiger partial charge in [-0.05, 0) is 32.2 Å². The number of benzene rings is 2. The third kappa shape index (κ3) is 5.89. The van der Waals surface area contributed by atoms with Crippen LogP contribution in [0.15, 0.2) is 48.8 Å². The van der Waals surface area contributed by atoms with Crippen LogP contribution in [0.25, 0.3) is 21.9 Å². The molecule has 1 aliphatic heterocycles. The number of hydrogen-bond acceptors (Lipinski definition) is 12. The summed E-state index contributed by atoms with van der Waals surface area (Å²) in [5.74, 6) is 0.137. The van der Waals surface area contributed by atoms with Crippen LogP contribution in [-0.2, 0) is 23.4 Å². The highest BCUT2D eigenvalue weighted by Gasteiger charge is 2.46. The van der Waals surface area contributed by atoms with Gasteiger partial charge in [0.15, 0.2) is 17.7 Å². The van der Waals surface area contributed by atoms with Gasteiger partial charge in [0, 0.05) is 5.39 Å². The Morgan fingerprint density at radius 1 is 1.20 bits per heavy atom. The highest BCUT2D eigenvalue weighted by atomic mass is 31.2. The van der Waals surface area contributed by atoms with Crippen LogP contribution in [0.5, 0.6) is 5.75 Å². The van der Waals surface area contributed by atoms with Gasteiger partial charge in [-0.1, -0.05) is 36.4 Å². The van der Waals surface area contributed by atoms with Crippen molar-refractivity contribution in [1.82, 2.24) is 24.6 Å². The standard InChI is InChI=1S/C26H31N6O8P/c1-4-37-26(35)14(2)31-41(36,40-18-11-7-9-16-8-5-6-10-17(16)18)38-12-19-21(33)22(34)25(39-19)32-13-28-20-23(27)29-15(3)30-24(20)32/h5-11,13-14,19,21-22,25,33-34H,4,12H2,1-3H3,(H,31,36)(H2,27,29,30)/t14-,19+,21?,22+,25+,41?/m0/s1. The molecular weight excluding hydrogens is 555 g/mol. The highest BCUT2D eigenvalue weighted by Crippen LogP contribution is 2.47. The Labute approximate surface area is 235 Å². The molecule has 0 radical (unpaired) electrons. The van der Waals surface area contributed by atoms with Crippen molar-refractivity contribution in [2.75, 3.05) is 18.9 Å². The van der Waals surface area contributed by atoms with E-state index in [1.807, 2.05) is 18.2 Å². The molecule has 14 nitrogen and oxygen atoms in total. The van der Waals surface area contributed by atoms with Gasteiger partial charge in [-0.2, -0.15) is 5.09 Å². The fraction of sp³-hybridized carbons (Fsp3) is 0.385. The third-order valence-electron chi connectivity index (χ3n) is 6.54. The molecule has 2 aromatic carbocycles. The fourth-order valence-electron chi connectivity index (χ4n) is 4.56. The van der Waals surface area contributed by atoms with E-state index in [2.05, 4.69) is 20.0 Å². The van der Waals surface area contributed by atoms with Crippen LogP contribution in [0.4, 0.5) is 5.82 Å². The maximum absolute atomic E-state index is 14.0. The minimum atomic E-state index is -4.29. The molecule has 218 valence electrons. The molecule has 41 heavy (non-hydrogen) atoms. The van der Waals surface area contributed by atoms with Gasteiger partial charge in [0.05, 0.1) is 19.5 Å². The molecule has 1 aliphatic rings. The van der Waals surface area contributed by atoms with Gasteiger partial charge in [0.25, 0.3) is 0 Å². The molecule has 3 heterocycles. The van der Waals surface area contributed by atoms with Crippen molar-refractivity contribution in [2.24, 2.45) is 0 Å². The van der Waals surface area contributed by atoms with Gasteiger partial charge >= 0.3 is 13.7 Å². The second kappa shape index (κ2) is 11.7. The average molecular weight is 587 g/mol. The minimum absolute atomic E-state index is 0.126. The number of anilines is 1. The molecule has 0 spiro atoms. The summed E-state index contributed by atoms with van der Waals surface area (Å²) in [7, 11) is -4.29. The lowest BCUT2D eigenvalue weighted by Crippen LogP contribution is -2.37. The number of carbonyl (C=O) groups is 1. The van der Waals surface area contributed by atoms with Gasteiger partial charge < -0.3 is 29.9 Å². The lowest BCUT2D eigenvalue weighted by atomic mass is 10.1. The molecule has 1 fully saturated rings. The number of nitrogen functional groups attached to an aromatic ring is 1. The Morgan fingerprint density at radius 3 is 2.73 bits per heavy atom. The lowest BCUT2D eigenvalue weighted by Gasteiger charge is -2.25. The van der Waals surface area contributed by atoms with Crippen LogP contribution in [0, 0.1) is 6.92 Å². The van der Waals surface area contributed by atoms with Gasteiger partial charge in [0.2, 0.25) is 0 Å². The molecule has 4 aromatic rings. The Morgan fingerprint density at radius 2 is 1.95 bits per heavy atom. The molecule has 5 rings (SSSR count). The van der Waals surface area contributed by atoms with E-state index in [-0.39, 0.29) is 18.2 Å². The lowest BCUT2D eigenvalue weighted by molar-refractivity contribution is -0.144. The van der Waals surface area contributed by atoms with Gasteiger partial charge in [-0.3, -0.25) is 13.9 Å². The first kappa shape index (κ1) is 28.9. The van der Waals surface area contributed by atoms with E-state index in [0.29, 0.717) is 22.4 Å². The number of imidazole rings is 1. The largest absolute Gasteiger partial charge is 0.465 e. The SMILES string of the molecule is CCOC(=O)[C@H](C)NP(=O)(OC[C@H]1O[C@@H](n2cnc3c(N)nc(C)nc32)[C@H](O)C1O)Oc1cccc2ccccc12. The number of nitrogens with one attached hydrogen (secondary N) is 1. The number of nitrogens with zero attached hydrogens (tertiary/aromatic N) is 4. The van der Waals surface area contributed by atoms with E-state index in [1.54, 1.807) is 38.1 Å². The molecule has 0 amide bonds. The summed E-state index contributed by atoms with van der Waals surface area (Å²) in [6.07, 6.45) is -3.73. The zero-order valence-electron chi connectivity index (χ0n) is 22.6. The Bertz CT molecular complexity index is 1610. The number of rotatable bonds is 10. The molecule has 5 N–H and O–H groups in total. The van der Waals surface area contributed by atoms with Crippen LogP contribution in [0.1, 0.15) is 25.9 Å². The number of carbonyl (C=O) groups excluding carboxylic acids is 1. The molecule has 1 saturated heterocycles. The van der Waals surface area contributed by atoms with Crippen LogP contribution >= 0.6 is 7.75 Å². The van der Waals surface area contributed by atoms with E-state index in [4.69, 9.17) is 24.3 Å². The van der Waals surface area contributed by atoms with E-state index in [1.165, 1.54) is 17.8 Å². The van der Waals surface area contributed by atoms with Gasteiger partial charge in [-0.25, -0.2) is 19.5 Å². The fourth-order valence-corrected chi connectivity index (χ4v) is 6.08. The normalized spacial score (nSPS) is 23.0. The predicted molar refractivity (Wildman–Crippen MR) is 148 cm³/mol. The number of esters is 1. The van der Waals surface area contributed by atoms with Crippen molar-refractivity contribution in [3.8, 4) is 5.75 Å². The van der Waals surface area contributed by atoms with Crippen molar-refractivity contribution in [1.29, 1.82) is 0 Å². The summed E-state index contributed by atoms with van der Waals surface area (Å²) < 4.78 is 38.0. The summed E-state index contributed by atoms with van der Waals surface area (Å²) in [4.78, 5) is 24.9. The van der Waals surface area contributed by atoms with E-state index >= 15 is 0 Å². The second-order valence-electron chi connectivity index (χ2n) is 9.49. The van der Waals surface area contributed by atoms with Crippen molar-refractivity contribution in [3.05, 3.63) is 54.6 Å². The first-order valence-corrected chi connectivity index (χ1v) is 14.5. The van der Waals surface area contributed by atoms with E-state index in [9.17, 15) is 19.6 Å². The minimum Gasteiger partial charge on any atom is -0.465 e. The molecule has 0 saturated carbocycles. The number of aliphatic hydroxyl groups excluding tert-OH is 2. The maximum Gasteiger partial charge on any atom is 0.459 e. The monoisotopic (exact) mass is 586 g/mol. The van der Waals surface area contributed by atoms with Crippen molar-refractivity contribution in [3.63, 3.8) is 0 Å². The zero-order valence-corrected chi connectivity index (χ0v) is 23.5. The number of ether oxygens (including phenoxy) is 2. The summed E-state index contributed by atoms with van der Waals surface area (Å²) in [6, 6.07) is 11.5. The quantitative estimate of drug-likeness (QED) is 0.156. The molecule has 0 aliphatic carbocycles. The number of aryl methyl sites for hydroxylation is 1. The van der Waals surface area contributed by atoms with Crippen LogP contribution in [-0.4, -0.2) is 73.3 Å². The molecule has 0 bridgehead atoms. The Balaban J connectivity index is 1.38. The van der Waals surface area contributed by atoms with Gasteiger partial charge in [-0.15, -0.1) is 0 Å². The number of nitrogens with two attached hydrogens (primary N) is 1. The van der Waals surface area contributed by atoms with Crippen LogP contribution < -0.4 is 15.3 Å². The smallest absolute Gasteiger partial charge is 0.459 e. The summed E-state index contributed by atoms with van der Waals surface area (Å²) in [5.41, 5.74) is 6.57. The van der Waals surface area contributed by atoms with Crippen molar-refractivity contribution < 1.29 is 38.1 Å². The summed E-state index contributed by atoms with van der Waals surface area (Å²) in [6.45, 7) is 4.42. The number of aliphatic hydroxyl groups is 2. The zero-order chi connectivity index (χ0) is 29.3. The van der Waals surface area contributed by atoms with Crippen molar-refractivity contribution in [2.45, 2.75) is 51.4 Å². The summed E-state index contributed by atoms with van der Waals surface area (Å²) >= 11 is 0. The van der Waals surface area contributed by atoms with Crippen LogP contribution in [0.2, 0.25) is 0 Å². The molecule has 2 unspecified atom stereocenters. The van der Waals surface area contributed by atoms with E-state index in [0.717, 1.165) is 5.39 Å². The summed E-state index contributed by atoms with van der Waals surface area (Å²) in [5, 5.41) is 25.7. The molecule has 2 aromatic heterocycles. The number of hydrogen-bond donors (Lipinski definition) is 4. The highest BCUT2D eigenvalue weighted by molar-refractivity contribution is 7.52. The number of fused-ring (bicyclic) bond motifs is 2. The Kier molecular flexibility index (Phi) is 8.23. The van der Waals surface area contributed by atoms with E-state index < -0.39 is 50.9 Å². The average Bonchev–Trinajstić information content (AvgIpc) is 3.48.